The Morgan fingerprint density at radius 2 is 0.886 bits per heavy atom. The smallest absolute Gasteiger partial charge is 0.0702 e. The molecule has 0 aliphatic carbocycles. The number of hydrogen-bond acceptors (Lipinski definition) is 2. The molecule has 5 aromatic rings. The van der Waals surface area contributed by atoms with Crippen molar-refractivity contribution < 1.29 is 0 Å². The van der Waals surface area contributed by atoms with E-state index in [2.05, 4.69) is 76.7 Å². The standard InChI is InChI=1S/C32H27ClN2/c33-30-20-26(13-11-24-15-17-31(34-22-24)28-7-3-1-4-8-28)19-27(21-30)14-12-25-16-18-32(35-23-25)29-9-5-2-6-10-29/h1-10,15-23H,11-14H2. The summed E-state index contributed by atoms with van der Waals surface area (Å²) < 4.78 is 0. The SMILES string of the molecule is Clc1cc(CCc2ccc(-c3ccccc3)nc2)cc(CCc2ccc(-c3ccccc3)nc2)c1. The van der Waals surface area contributed by atoms with E-state index in [0.29, 0.717) is 0 Å². The van der Waals surface area contributed by atoms with Gasteiger partial charge in [-0.3, -0.25) is 9.97 Å². The Morgan fingerprint density at radius 3 is 1.29 bits per heavy atom. The average molecular weight is 475 g/mol. The molecule has 2 aromatic heterocycles. The van der Waals surface area contributed by atoms with Crippen molar-refractivity contribution in [3.05, 3.63) is 143 Å². The van der Waals surface area contributed by atoms with Crippen molar-refractivity contribution in [2.75, 3.05) is 0 Å². The molecule has 0 unspecified atom stereocenters. The number of nitrogens with zero attached hydrogens (tertiary/aromatic N) is 2. The van der Waals surface area contributed by atoms with Crippen LogP contribution in [-0.2, 0) is 25.7 Å². The van der Waals surface area contributed by atoms with E-state index in [4.69, 9.17) is 11.6 Å². The molecule has 0 atom stereocenters. The second kappa shape index (κ2) is 11.1. The summed E-state index contributed by atoms with van der Waals surface area (Å²) in [5, 5.41) is 0.799. The second-order valence-electron chi connectivity index (χ2n) is 8.80. The molecule has 0 aliphatic rings. The van der Waals surface area contributed by atoms with E-state index in [1.165, 1.54) is 22.3 Å². The van der Waals surface area contributed by atoms with Gasteiger partial charge in [-0.25, -0.2) is 0 Å². The topological polar surface area (TPSA) is 25.8 Å². The normalized spacial score (nSPS) is 10.9. The summed E-state index contributed by atoms with van der Waals surface area (Å²) in [6.45, 7) is 0. The van der Waals surface area contributed by atoms with Crippen LogP contribution in [0, 0.1) is 0 Å². The Morgan fingerprint density at radius 1 is 0.457 bits per heavy atom. The number of halogens is 1. The fourth-order valence-electron chi connectivity index (χ4n) is 4.29. The van der Waals surface area contributed by atoms with Gasteiger partial charge >= 0.3 is 0 Å². The van der Waals surface area contributed by atoms with Crippen LogP contribution in [0.1, 0.15) is 22.3 Å². The molecular formula is C32H27ClN2. The largest absolute Gasteiger partial charge is 0.256 e. The summed E-state index contributed by atoms with van der Waals surface area (Å²) in [7, 11) is 0. The highest BCUT2D eigenvalue weighted by molar-refractivity contribution is 6.30. The van der Waals surface area contributed by atoms with Gasteiger partial charge in [0.1, 0.15) is 0 Å². The van der Waals surface area contributed by atoms with Crippen LogP contribution in [0.2, 0.25) is 5.02 Å². The van der Waals surface area contributed by atoms with Gasteiger partial charge in [0.15, 0.2) is 0 Å². The Hall–Kier alpha value is -3.75. The van der Waals surface area contributed by atoms with E-state index >= 15 is 0 Å². The van der Waals surface area contributed by atoms with Crippen LogP contribution in [0.4, 0.5) is 0 Å². The molecule has 0 saturated carbocycles. The van der Waals surface area contributed by atoms with Crippen LogP contribution in [0.3, 0.4) is 0 Å². The van der Waals surface area contributed by atoms with Crippen LogP contribution in [0.15, 0.2) is 116 Å². The minimum absolute atomic E-state index is 0.799. The first-order chi connectivity index (χ1) is 17.2. The summed E-state index contributed by atoms with van der Waals surface area (Å²) in [5.41, 5.74) is 9.28. The maximum absolute atomic E-state index is 6.47. The van der Waals surface area contributed by atoms with E-state index in [0.717, 1.165) is 53.2 Å². The zero-order valence-corrected chi connectivity index (χ0v) is 20.3. The van der Waals surface area contributed by atoms with Crippen molar-refractivity contribution in [3.8, 4) is 22.5 Å². The van der Waals surface area contributed by atoms with Crippen molar-refractivity contribution in [3.63, 3.8) is 0 Å². The van der Waals surface area contributed by atoms with Gasteiger partial charge in [0.25, 0.3) is 0 Å². The Balaban J connectivity index is 1.19. The number of aromatic nitrogens is 2. The quantitative estimate of drug-likeness (QED) is 0.227. The first kappa shape index (κ1) is 23.0. The summed E-state index contributed by atoms with van der Waals surface area (Å²) in [6, 6.07) is 35.5. The van der Waals surface area contributed by atoms with Crippen molar-refractivity contribution in [1.29, 1.82) is 0 Å². The molecule has 2 heterocycles. The lowest BCUT2D eigenvalue weighted by atomic mass is 9.99. The van der Waals surface area contributed by atoms with E-state index in [1.54, 1.807) is 0 Å². The third kappa shape index (κ3) is 6.23. The minimum atomic E-state index is 0.799. The van der Waals surface area contributed by atoms with Gasteiger partial charge in [-0.05, 0) is 72.2 Å². The maximum atomic E-state index is 6.47. The molecule has 0 bridgehead atoms. The molecule has 5 rings (SSSR count). The Labute approximate surface area is 212 Å². The van der Waals surface area contributed by atoms with Gasteiger partial charge in [0.2, 0.25) is 0 Å². The molecule has 0 amide bonds. The highest BCUT2D eigenvalue weighted by Crippen LogP contribution is 2.21. The zero-order valence-electron chi connectivity index (χ0n) is 19.6. The van der Waals surface area contributed by atoms with E-state index < -0.39 is 0 Å². The van der Waals surface area contributed by atoms with Crippen LogP contribution in [0.5, 0.6) is 0 Å². The van der Waals surface area contributed by atoms with Crippen molar-refractivity contribution in [2.45, 2.75) is 25.7 Å². The summed E-state index contributed by atoms with van der Waals surface area (Å²) in [4.78, 5) is 9.31. The van der Waals surface area contributed by atoms with Crippen molar-refractivity contribution in [1.82, 2.24) is 9.97 Å². The summed E-state index contributed by atoms with van der Waals surface area (Å²) in [6.07, 6.45) is 7.72. The fraction of sp³-hybridized carbons (Fsp3) is 0.125. The second-order valence-corrected chi connectivity index (χ2v) is 9.24. The average Bonchev–Trinajstić information content (AvgIpc) is 2.92. The number of pyridine rings is 2. The minimum Gasteiger partial charge on any atom is -0.256 e. The van der Waals surface area contributed by atoms with Gasteiger partial charge in [-0.2, -0.15) is 0 Å². The van der Waals surface area contributed by atoms with Gasteiger partial charge in [0.05, 0.1) is 11.4 Å². The van der Waals surface area contributed by atoms with Crippen LogP contribution < -0.4 is 0 Å². The summed E-state index contributed by atoms with van der Waals surface area (Å²) >= 11 is 6.47. The zero-order chi connectivity index (χ0) is 23.9. The van der Waals surface area contributed by atoms with Crippen LogP contribution >= 0.6 is 11.6 Å². The van der Waals surface area contributed by atoms with Gasteiger partial charge in [-0.15, -0.1) is 0 Å². The molecule has 0 radical (unpaired) electrons. The van der Waals surface area contributed by atoms with Crippen LogP contribution in [0.25, 0.3) is 22.5 Å². The van der Waals surface area contributed by atoms with E-state index in [9.17, 15) is 0 Å². The number of benzene rings is 3. The Kier molecular flexibility index (Phi) is 7.31. The third-order valence-corrected chi connectivity index (χ3v) is 6.43. The molecule has 172 valence electrons. The number of aryl methyl sites for hydroxylation is 4. The molecule has 0 N–H and O–H groups in total. The molecule has 0 spiro atoms. The molecule has 0 fully saturated rings. The van der Waals surface area contributed by atoms with E-state index in [1.807, 2.05) is 48.8 Å². The molecule has 2 nitrogen and oxygen atoms in total. The predicted octanol–water partition coefficient (Wildman–Crippen LogP) is 8.03. The predicted molar refractivity (Wildman–Crippen MR) is 146 cm³/mol. The lowest BCUT2D eigenvalue weighted by Gasteiger charge is -2.09. The number of hydrogen-bond donors (Lipinski definition) is 0. The van der Waals surface area contributed by atoms with Gasteiger partial charge in [-0.1, -0.05) is 90.5 Å². The Bertz CT molecular complexity index is 1260. The molecule has 3 heteroatoms. The van der Waals surface area contributed by atoms with Crippen LogP contribution in [-0.4, -0.2) is 9.97 Å². The van der Waals surface area contributed by atoms with Crippen molar-refractivity contribution in [2.24, 2.45) is 0 Å². The summed E-state index contributed by atoms with van der Waals surface area (Å²) in [5.74, 6) is 0. The third-order valence-electron chi connectivity index (χ3n) is 6.21. The first-order valence-corrected chi connectivity index (χ1v) is 12.4. The maximum Gasteiger partial charge on any atom is 0.0702 e. The molecule has 0 aliphatic heterocycles. The molecule has 3 aromatic carbocycles. The lowest BCUT2D eigenvalue weighted by Crippen LogP contribution is -1.97. The van der Waals surface area contributed by atoms with Crippen molar-refractivity contribution >= 4 is 11.6 Å². The van der Waals surface area contributed by atoms with Gasteiger partial charge in [0, 0.05) is 28.5 Å². The molecule has 35 heavy (non-hydrogen) atoms. The van der Waals surface area contributed by atoms with Gasteiger partial charge < -0.3 is 0 Å². The number of rotatable bonds is 8. The monoisotopic (exact) mass is 474 g/mol. The molecule has 0 saturated heterocycles. The highest BCUT2D eigenvalue weighted by atomic mass is 35.5. The first-order valence-electron chi connectivity index (χ1n) is 12.0. The van der Waals surface area contributed by atoms with E-state index in [-0.39, 0.29) is 0 Å². The highest BCUT2D eigenvalue weighted by Gasteiger charge is 2.05. The fourth-order valence-corrected chi connectivity index (χ4v) is 4.57. The lowest BCUT2D eigenvalue weighted by molar-refractivity contribution is 0.923. The molecular weight excluding hydrogens is 448 g/mol.